The zero-order valence-electron chi connectivity index (χ0n) is 11.7. The molecule has 3 nitrogen and oxygen atoms in total. The second kappa shape index (κ2) is 7.06. The van der Waals surface area contributed by atoms with E-state index in [2.05, 4.69) is 17.2 Å². The Hall–Kier alpha value is -1.66. The quantitative estimate of drug-likeness (QED) is 0.603. The topological polar surface area (TPSA) is 30.5 Å². The van der Waals surface area contributed by atoms with Crippen molar-refractivity contribution in [3.05, 3.63) is 23.8 Å². The third kappa shape index (κ3) is 4.50. The molecule has 0 aliphatic heterocycles. The van der Waals surface area contributed by atoms with Crippen molar-refractivity contribution in [2.75, 3.05) is 13.7 Å². The number of hydrogen-bond acceptors (Lipinski definition) is 3. The number of hydrogen-bond donors (Lipinski definition) is 1. The monoisotopic (exact) mass is 259 g/mol. The van der Waals surface area contributed by atoms with E-state index in [-0.39, 0.29) is 0 Å². The van der Waals surface area contributed by atoms with Crippen molar-refractivity contribution in [3.63, 3.8) is 0 Å². The molecular weight excluding hydrogens is 238 g/mol. The minimum Gasteiger partial charge on any atom is -0.497 e. The van der Waals surface area contributed by atoms with Gasteiger partial charge in [-0.3, -0.25) is 0 Å². The van der Waals surface area contributed by atoms with E-state index < -0.39 is 0 Å². The predicted octanol–water partition coefficient (Wildman–Crippen LogP) is 2.74. The van der Waals surface area contributed by atoms with Crippen molar-refractivity contribution in [1.82, 2.24) is 5.32 Å². The van der Waals surface area contributed by atoms with Crippen LogP contribution in [-0.2, 0) is 6.54 Å². The van der Waals surface area contributed by atoms with Crippen LogP contribution in [0.3, 0.4) is 0 Å². The molecule has 0 amide bonds. The minimum absolute atomic E-state index is 0.629. The third-order valence-electron chi connectivity index (χ3n) is 3.09. The SMILES string of the molecule is CC#CCCOc1ccc(OC)cc1CNC1CC1. The molecule has 2 rings (SSSR count). The summed E-state index contributed by atoms with van der Waals surface area (Å²) in [5.41, 5.74) is 1.15. The van der Waals surface area contributed by atoms with Gasteiger partial charge in [-0.1, -0.05) is 0 Å². The molecule has 0 aromatic heterocycles. The molecular formula is C16H21NO2. The van der Waals surface area contributed by atoms with E-state index in [1.807, 2.05) is 25.1 Å². The Morgan fingerprint density at radius 2 is 2.21 bits per heavy atom. The summed E-state index contributed by atoms with van der Waals surface area (Å²) < 4.78 is 11.1. The minimum atomic E-state index is 0.629. The second-order valence-corrected chi connectivity index (χ2v) is 4.65. The van der Waals surface area contributed by atoms with Gasteiger partial charge in [-0.2, -0.15) is 0 Å². The molecule has 0 heterocycles. The van der Waals surface area contributed by atoms with E-state index >= 15 is 0 Å². The maximum atomic E-state index is 5.79. The summed E-state index contributed by atoms with van der Waals surface area (Å²) in [6, 6.07) is 6.63. The molecule has 0 saturated heterocycles. The molecule has 3 heteroatoms. The van der Waals surface area contributed by atoms with Gasteiger partial charge < -0.3 is 14.8 Å². The molecule has 1 aliphatic carbocycles. The molecule has 19 heavy (non-hydrogen) atoms. The summed E-state index contributed by atoms with van der Waals surface area (Å²) >= 11 is 0. The highest BCUT2D eigenvalue weighted by Gasteiger charge is 2.20. The van der Waals surface area contributed by atoms with Crippen molar-refractivity contribution in [1.29, 1.82) is 0 Å². The standard InChI is InChI=1S/C16H21NO2/c1-3-4-5-10-19-16-9-8-15(18-2)11-13(16)12-17-14-6-7-14/h8-9,11,14,17H,5-7,10,12H2,1-2H3. The second-order valence-electron chi connectivity index (χ2n) is 4.65. The largest absolute Gasteiger partial charge is 0.497 e. The Morgan fingerprint density at radius 1 is 1.37 bits per heavy atom. The summed E-state index contributed by atoms with van der Waals surface area (Å²) in [6.45, 7) is 3.30. The first kappa shape index (κ1) is 13.8. The summed E-state index contributed by atoms with van der Waals surface area (Å²) in [6.07, 6.45) is 3.33. The van der Waals surface area contributed by atoms with Gasteiger partial charge in [0.1, 0.15) is 11.5 Å². The summed E-state index contributed by atoms with van der Waals surface area (Å²) in [5.74, 6) is 7.67. The Kier molecular flexibility index (Phi) is 5.11. The van der Waals surface area contributed by atoms with E-state index in [1.54, 1.807) is 7.11 Å². The van der Waals surface area contributed by atoms with Gasteiger partial charge in [0.05, 0.1) is 13.7 Å². The Balaban J connectivity index is 1.98. The highest BCUT2D eigenvalue weighted by Crippen LogP contribution is 2.26. The lowest BCUT2D eigenvalue weighted by Gasteiger charge is -2.13. The highest BCUT2D eigenvalue weighted by molar-refractivity contribution is 5.40. The fraction of sp³-hybridized carbons (Fsp3) is 0.500. The average molecular weight is 259 g/mol. The van der Waals surface area contributed by atoms with Gasteiger partial charge in [0, 0.05) is 24.6 Å². The molecule has 0 atom stereocenters. The molecule has 1 fully saturated rings. The van der Waals surface area contributed by atoms with Crippen LogP contribution in [0.2, 0.25) is 0 Å². The molecule has 1 N–H and O–H groups in total. The van der Waals surface area contributed by atoms with Crippen LogP contribution in [-0.4, -0.2) is 19.8 Å². The average Bonchev–Trinajstić information content (AvgIpc) is 3.26. The first-order chi connectivity index (χ1) is 9.33. The number of rotatable bonds is 7. The normalized spacial score (nSPS) is 13.6. The highest BCUT2D eigenvalue weighted by atomic mass is 16.5. The van der Waals surface area contributed by atoms with Crippen molar-refractivity contribution >= 4 is 0 Å². The van der Waals surface area contributed by atoms with Crippen LogP contribution < -0.4 is 14.8 Å². The van der Waals surface area contributed by atoms with E-state index in [9.17, 15) is 0 Å². The first-order valence-corrected chi connectivity index (χ1v) is 6.76. The van der Waals surface area contributed by atoms with Crippen LogP contribution in [0.15, 0.2) is 18.2 Å². The summed E-state index contributed by atoms with van der Waals surface area (Å²) in [5, 5.41) is 3.50. The lowest BCUT2D eigenvalue weighted by molar-refractivity contribution is 0.321. The molecule has 0 spiro atoms. The number of nitrogens with one attached hydrogen (secondary N) is 1. The van der Waals surface area contributed by atoms with Gasteiger partial charge >= 0.3 is 0 Å². The summed E-state index contributed by atoms with van der Waals surface area (Å²) in [7, 11) is 1.69. The van der Waals surface area contributed by atoms with Gasteiger partial charge in [-0.25, -0.2) is 0 Å². The molecule has 102 valence electrons. The van der Waals surface area contributed by atoms with Gasteiger partial charge in [0.15, 0.2) is 0 Å². The number of ether oxygens (including phenoxy) is 2. The van der Waals surface area contributed by atoms with E-state index in [4.69, 9.17) is 9.47 Å². The molecule has 1 aliphatic rings. The van der Waals surface area contributed by atoms with Crippen LogP contribution in [0.5, 0.6) is 11.5 Å². The van der Waals surface area contributed by atoms with E-state index in [0.717, 1.165) is 30.0 Å². The lowest BCUT2D eigenvalue weighted by atomic mass is 10.2. The van der Waals surface area contributed by atoms with Crippen molar-refractivity contribution < 1.29 is 9.47 Å². The smallest absolute Gasteiger partial charge is 0.124 e. The fourth-order valence-electron chi connectivity index (χ4n) is 1.84. The zero-order valence-corrected chi connectivity index (χ0v) is 11.7. The fourth-order valence-corrected chi connectivity index (χ4v) is 1.84. The maximum Gasteiger partial charge on any atom is 0.124 e. The van der Waals surface area contributed by atoms with Crippen molar-refractivity contribution in [3.8, 4) is 23.3 Å². The Bertz CT molecular complexity index is 469. The van der Waals surface area contributed by atoms with Crippen LogP contribution in [0.4, 0.5) is 0 Å². The molecule has 1 saturated carbocycles. The molecule has 1 aromatic rings. The molecule has 0 bridgehead atoms. The Labute approximate surface area is 115 Å². The molecule has 1 aromatic carbocycles. The number of benzene rings is 1. The van der Waals surface area contributed by atoms with Crippen molar-refractivity contribution in [2.45, 2.75) is 38.8 Å². The maximum absolute atomic E-state index is 5.79. The predicted molar refractivity (Wildman–Crippen MR) is 76.4 cm³/mol. The molecule has 0 radical (unpaired) electrons. The third-order valence-corrected chi connectivity index (χ3v) is 3.09. The van der Waals surface area contributed by atoms with E-state index in [1.165, 1.54) is 12.8 Å². The number of methoxy groups -OCH3 is 1. The van der Waals surface area contributed by atoms with E-state index in [0.29, 0.717) is 12.6 Å². The van der Waals surface area contributed by atoms with Crippen LogP contribution >= 0.6 is 0 Å². The zero-order chi connectivity index (χ0) is 13.5. The van der Waals surface area contributed by atoms with Gasteiger partial charge in [0.2, 0.25) is 0 Å². The lowest BCUT2D eigenvalue weighted by Crippen LogP contribution is -2.16. The van der Waals surface area contributed by atoms with Gasteiger partial charge in [0.25, 0.3) is 0 Å². The van der Waals surface area contributed by atoms with Crippen LogP contribution in [0.25, 0.3) is 0 Å². The molecule has 0 unspecified atom stereocenters. The van der Waals surface area contributed by atoms with Crippen molar-refractivity contribution in [2.24, 2.45) is 0 Å². The Morgan fingerprint density at radius 3 is 2.89 bits per heavy atom. The van der Waals surface area contributed by atoms with Crippen LogP contribution in [0, 0.1) is 11.8 Å². The van der Waals surface area contributed by atoms with Gasteiger partial charge in [-0.05, 0) is 38.0 Å². The summed E-state index contributed by atoms with van der Waals surface area (Å²) in [4.78, 5) is 0. The first-order valence-electron chi connectivity index (χ1n) is 6.76. The van der Waals surface area contributed by atoms with Crippen LogP contribution in [0.1, 0.15) is 31.7 Å². The van der Waals surface area contributed by atoms with Gasteiger partial charge in [-0.15, -0.1) is 11.8 Å².